The first kappa shape index (κ1) is 16.5. The van der Waals surface area contributed by atoms with Crippen molar-refractivity contribution in [2.75, 3.05) is 0 Å². The Morgan fingerprint density at radius 3 is 2.25 bits per heavy atom. The summed E-state index contributed by atoms with van der Waals surface area (Å²) >= 11 is 1.33. The van der Waals surface area contributed by atoms with Crippen LogP contribution in [0, 0.1) is 5.82 Å². The quantitative estimate of drug-likeness (QED) is 0.502. The Bertz CT molecular complexity index is 811. The summed E-state index contributed by atoms with van der Waals surface area (Å²) in [7, 11) is 0. The van der Waals surface area contributed by atoms with E-state index in [0.29, 0.717) is 16.6 Å². The molecule has 0 aliphatic heterocycles. The van der Waals surface area contributed by atoms with Gasteiger partial charge < -0.3 is 0 Å². The summed E-state index contributed by atoms with van der Waals surface area (Å²) in [4.78, 5) is 0. The van der Waals surface area contributed by atoms with Gasteiger partial charge in [-0.2, -0.15) is 13.2 Å². The van der Waals surface area contributed by atoms with Crippen molar-refractivity contribution in [1.82, 2.24) is 14.8 Å². The molecule has 0 atom stereocenters. The molecule has 0 spiro atoms. The molecule has 0 aliphatic carbocycles. The zero-order chi connectivity index (χ0) is 17.2. The van der Waals surface area contributed by atoms with Gasteiger partial charge in [0.2, 0.25) is 0 Å². The molecular formula is C16H11F4N3S. The van der Waals surface area contributed by atoms with E-state index in [1.165, 1.54) is 42.4 Å². The van der Waals surface area contributed by atoms with E-state index in [-0.39, 0.29) is 5.82 Å². The number of hydrogen-bond acceptors (Lipinski definition) is 3. The Kier molecular flexibility index (Phi) is 4.57. The molecule has 3 rings (SSSR count). The summed E-state index contributed by atoms with van der Waals surface area (Å²) in [5.41, 5.74) is 0.767. The van der Waals surface area contributed by atoms with Crippen molar-refractivity contribution in [1.29, 1.82) is 0 Å². The van der Waals surface area contributed by atoms with Gasteiger partial charge in [0.05, 0.1) is 5.56 Å². The fourth-order valence-corrected chi connectivity index (χ4v) is 2.92. The van der Waals surface area contributed by atoms with E-state index < -0.39 is 11.7 Å². The van der Waals surface area contributed by atoms with E-state index in [2.05, 4.69) is 10.2 Å². The molecule has 2 aromatic carbocycles. The predicted octanol–water partition coefficient (Wildman–Crippen LogP) is 4.72. The third kappa shape index (κ3) is 3.76. The summed E-state index contributed by atoms with van der Waals surface area (Å²) in [6.45, 7) is 0. The standard InChI is InChI=1S/C16H11F4N3S/c17-13-5-7-14(8-6-13)23-10-21-22-15(23)24-9-11-1-3-12(4-2-11)16(18,19)20/h1-8,10H,9H2. The van der Waals surface area contributed by atoms with Crippen molar-refractivity contribution >= 4 is 11.8 Å². The monoisotopic (exact) mass is 353 g/mol. The lowest BCUT2D eigenvalue weighted by Crippen LogP contribution is -2.04. The second-order valence-electron chi connectivity index (χ2n) is 4.94. The van der Waals surface area contributed by atoms with Gasteiger partial charge in [-0.3, -0.25) is 4.57 Å². The molecule has 0 aliphatic rings. The smallest absolute Gasteiger partial charge is 0.277 e. The van der Waals surface area contributed by atoms with Crippen molar-refractivity contribution in [3.05, 3.63) is 71.8 Å². The lowest BCUT2D eigenvalue weighted by molar-refractivity contribution is -0.137. The molecule has 0 saturated heterocycles. The van der Waals surface area contributed by atoms with E-state index in [9.17, 15) is 17.6 Å². The van der Waals surface area contributed by atoms with Gasteiger partial charge in [-0.25, -0.2) is 4.39 Å². The molecule has 0 N–H and O–H groups in total. The summed E-state index contributed by atoms with van der Waals surface area (Å²) in [5, 5.41) is 8.39. The average molecular weight is 353 g/mol. The van der Waals surface area contributed by atoms with Gasteiger partial charge in [-0.05, 0) is 42.0 Å². The third-order valence-electron chi connectivity index (χ3n) is 3.27. The highest BCUT2D eigenvalue weighted by atomic mass is 32.2. The van der Waals surface area contributed by atoms with Crippen LogP contribution in [0.5, 0.6) is 0 Å². The zero-order valence-electron chi connectivity index (χ0n) is 12.2. The Hall–Kier alpha value is -2.35. The van der Waals surface area contributed by atoms with Crippen LogP contribution in [0.1, 0.15) is 11.1 Å². The first-order chi connectivity index (χ1) is 11.4. The SMILES string of the molecule is Fc1ccc(-n2cnnc2SCc2ccc(C(F)(F)F)cc2)cc1. The number of alkyl halides is 3. The van der Waals surface area contributed by atoms with Gasteiger partial charge in [0.1, 0.15) is 12.1 Å². The van der Waals surface area contributed by atoms with Gasteiger partial charge in [0.25, 0.3) is 0 Å². The first-order valence-corrected chi connectivity index (χ1v) is 7.87. The molecule has 0 bridgehead atoms. The van der Waals surface area contributed by atoms with Gasteiger partial charge in [0.15, 0.2) is 5.16 Å². The maximum Gasteiger partial charge on any atom is 0.416 e. The Morgan fingerprint density at radius 2 is 1.62 bits per heavy atom. The highest BCUT2D eigenvalue weighted by molar-refractivity contribution is 7.98. The summed E-state index contributed by atoms with van der Waals surface area (Å²) in [6, 6.07) is 10.9. The van der Waals surface area contributed by atoms with E-state index >= 15 is 0 Å². The van der Waals surface area contributed by atoms with Gasteiger partial charge in [-0.15, -0.1) is 10.2 Å². The largest absolute Gasteiger partial charge is 0.416 e. The average Bonchev–Trinajstić information content (AvgIpc) is 3.02. The molecule has 1 aromatic heterocycles. The normalized spacial score (nSPS) is 11.7. The van der Waals surface area contributed by atoms with E-state index in [4.69, 9.17) is 0 Å². The van der Waals surface area contributed by atoms with Crippen molar-refractivity contribution in [2.45, 2.75) is 17.1 Å². The van der Waals surface area contributed by atoms with Crippen LogP contribution in [0.15, 0.2) is 60.0 Å². The molecular weight excluding hydrogens is 342 g/mol. The summed E-state index contributed by atoms with van der Waals surface area (Å²) < 4.78 is 52.3. The van der Waals surface area contributed by atoms with Gasteiger partial charge >= 0.3 is 6.18 Å². The maximum absolute atomic E-state index is 13.0. The predicted molar refractivity (Wildman–Crippen MR) is 82.3 cm³/mol. The molecule has 3 nitrogen and oxygen atoms in total. The molecule has 0 amide bonds. The molecule has 3 aromatic rings. The second-order valence-corrected chi connectivity index (χ2v) is 5.89. The Balaban J connectivity index is 1.72. The number of aromatic nitrogens is 3. The number of halogens is 4. The van der Waals surface area contributed by atoms with Crippen LogP contribution in [0.25, 0.3) is 5.69 Å². The molecule has 0 unspecified atom stereocenters. The second kappa shape index (κ2) is 6.64. The minimum absolute atomic E-state index is 0.342. The van der Waals surface area contributed by atoms with E-state index in [1.54, 1.807) is 16.7 Å². The maximum atomic E-state index is 13.0. The minimum Gasteiger partial charge on any atom is -0.277 e. The fourth-order valence-electron chi connectivity index (χ4n) is 2.04. The lowest BCUT2D eigenvalue weighted by atomic mass is 10.1. The number of rotatable bonds is 4. The van der Waals surface area contributed by atoms with Gasteiger partial charge in [-0.1, -0.05) is 23.9 Å². The molecule has 8 heteroatoms. The van der Waals surface area contributed by atoms with E-state index in [1.807, 2.05) is 0 Å². The summed E-state index contributed by atoms with van der Waals surface area (Å²) in [6.07, 6.45) is -2.84. The first-order valence-electron chi connectivity index (χ1n) is 6.88. The van der Waals surface area contributed by atoms with Crippen LogP contribution in [-0.2, 0) is 11.9 Å². The van der Waals surface area contributed by atoms with Crippen LogP contribution in [-0.4, -0.2) is 14.8 Å². The van der Waals surface area contributed by atoms with Crippen molar-refractivity contribution in [3.63, 3.8) is 0 Å². The molecule has 24 heavy (non-hydrogen) atoms. The number of nitrogens with zero attached hydrogens (tertiary/aromatic N) is 3. The molecule has 0 radical (unpaired) electrons. The highest BCUT2D eigenvalue weighted by Crippen LogP contribution is 2.30. The van der Waals surface area contributed by atoms with Crippen LogP contribution < -0.4 is 0 Å². The van der Waals surface area contributed by atoms with Crippen LogP contribution in [0.4, 0.5) is 17.6 Å². The number of hydrogen-bond donors (Lipinski definition) is 0. The van der Waals surface area contributed by atoms with Crippen LogP contribution in [0.2, 0.25) is 0 Å². The number of thioether (sulfide) groups is 1. The minimum atomic E-state index is -4.34. The van der Waals surface area contributed by atoms with Gasteiger partial charge in [0, 0.05) is 11.4 Å². The Morgan fingerprint density at radius 1 is 0.958 bits per heavy atom. The van der Waals surface area contributed by atoms with Crippen molar-refractivity contribution in [2.24, 2.45) is 0 Å². The van der Waals surface area contributed by atoms with Crippen LogP contribution >= 0.6 is 11.8 Å². The molecule has 1 heterocycles. The Labute approximate surface area is 139 Å². The van der Waals surface area contributed by atoms with Crippen LogP contribution in [0.3, 0.4) is 0 Å². The lowest BCUT2D eigenvalue weighted by Gasteiger charge is -2.08. The summed E-state index contributed by atoms with van der Waals surface area (Å²) in [5.74, 6) is 0.101. The molecule has 0 fully saturated rings. The topological polar surface area (TPSA) is 30.7 Å². The number of benzene rings is 2. The molecule has 0 saturated carbocycles. The fraction of sp³-hybridized carbons (Fsp3) is 0.125. The van der Waals surface area contributed by atoms with E-state index in [0.717, 1.165) is 17.7 Å². The third-order valence-corrected chi connectivity index (χ3v) is 4.28. The van der Waals surface area contributed by atoms with Crippen molar-refractivity contribution in [3.8, 4) is 5.69 Å². The highest BCUT2D eigenvalue weighted by Gasteiger charge is 2.29. The van der Waals surface area contributed by atoms with Crippen molar-refractivity contribution < 1.29 is 17.6 Å². The zero-order valence-corrected chi connectivity index (χ0v) is 13.0. The molecule has 124 valence electrons.